The molecular formula is C17H16Na4O8. The number of carboxylic acid groups (broad SMARTS) is 3. The summed E-state index contributed by atoms with van der Waals surface area (Å²) in [6.07, 6.45) is 2.87. The van der Waals surface area contributed by atoms with Gasteiger partial charge in [-0.25, -0.2) is 0 Å². The Bertz CT molecular complexity index is 627. The minimum absolute atomic E-state index is 0. The topological polar surface area (TPSA) is 139 Å². The number of rotatable bonds is 7. The summed E-state index contributed by atoms with van der Waals surface area (Å²) in [6.45, 7) is 6.90. The first-order valence-corrected chi connectivity index (χ1v) is 7.52. The van der Waals surface area contributed by atoms with Gasteiger partial charge in [0.15, 0.2) is 0 Å². The average Bonchev–Trinajstić information content (AvgIpc) is 3.13. The average molecular weight is 440 g/mol. The summed E-state index contributed by atoms with van der Waals surface area (Å²) in [6, 6.07) is 0. The fourth-order valence-corrected chi connectivity index (χ4v) is 3.06. The number of hydrogen-bond donors (Lipinski definition) is 0. The van der Waals surface area contributed by atoms with Gasteiger partial charge >= 0.3 is 118 Å². The monoisotopic (exact) mass is 440 g/mol. The van der Waals surface area contributed by atoms with Gasteiger partial charge in [0.25, 0.3) is 0 Å². The van der Waals surface area contributed by atoms with E-state index in [9.17, 15) is 29.7 Å². The minimum Gasteiger partial charge on any atom is -0.553 e. The Morgan fingerprint density at radius 1 is 0.724 bits per heavy atom. The molecule has 0 radical (unpaired) electrons. The second-order valence-electron chi connectivity index (χ2n) is 5.71. The van der Waals surface area contributed by atoms with Crippen LogP contribution in [0.1, 0.15) is 0 Å². The van der Waals surface area contributed by atoms with Gasteiger partial charge in [-0.2, -0.15) is 0 Å². The first kappa shape index (κ1) is 35.1. The van der Waals surface area contributed by atoms with Gasteiger partial charge in [-0.3, -0.25) is 6.42 Å². The molecule has 0 saturated carbocycles. The van der Waals surface area contributed by atoms with Crippen LogP contribution in [0.25, 0.3) is 0 Å². The summed E-state index contributed by atoms with van der Waals surface area (Å²) >= 11 is 0. The Morgan fingerprint density at radius 2 is 1.21 bits per heavy atom. The van der Waals surface area contributed by atoms with Crippen LogP contribution in [0, 0.1) is 24.2 Å². The zero-order chi connectivity index (χ0) is 18.7. The van der Waals surface area contributed by atoms with E-state index in [-0.39, 0.29) is 118 Å². The molecule has 0 spiro atoms. The van der Waals surface area contributed by atoms with Crippen molar-refractivity contribution in [1.29, 1.82) is 0 Å². The molecule has 0 aromatic heterocycles. The summed E-state index contributed by atoms with van der Waals surface area (Å²) in [5.74, 6) is -8.41. The molecule has 2 saturated heterocycles. The zero-order valence-electron chi connectivity index (χ0n) is 17.1. The van der Waals surface area contributed by atoms with Crippen LogP contribution in [0.15, 0.2) is 37.5 Å². The number of carboxylic acids is 3. The minimum atomic E-state index is -1.60. The molecule has 136 valence electrons. The molecule has 8 nitrogen and oxygen atoms in total. The third kappa shape index (κ3) is 8.78. The van der Waals surface area contributed by atoms with Crippen molar-refractivity contribution >= 4 is 17.9 Å². The molecule has 0 bridgehead atoms. The van der Waals surface area contributed by atoms with Crippen molar-refractivity contribution < 1.29 is 157 Å². The second kappa shape index (κ2) is 16.2. The Balaban J connectivity index is -0.00000169. The van der Waals surface area contributed by atoms with Gasteiger partial charge in [-0.05, 0) is 6.10 Å². The van der Waals surface area contributed by atoms with Crippen molar-refractivity contribution in [2.75, 3.05) is 0 Å². The van der Waals surface area contributed by atoms with E-state index in [1.807, 2.05) is 0 Å². The van der Waals surface area contributed by atoms with Gasteiger partial charge in [0.2, 0.25) is 0 Å². The van der Waals surface area contributed by atoms with Crippen LogP contribution in [0.2, 0.25) is 0 Å². The predicted octanol–water partition coefficient (Wildman–Crippen LogP) is -15.2. The van der Waals surface area contributed by atoms with Gasteiger partial charge in [0, 0.05) is 29.7 Å². The van der Waals surface area contributed by atoms with Crippen molar-refractivity contribution in [3.05, 3.63) is 43.9 Å². The van der Waals surface area contributed by atoms with E-state index in [2.05, 4.69) is 13.2 Å². The van der Waals surface area contributed by atoms with Crippen molar-refractivity contribution in [3.8, 4) is 0 Å². The van der Waals surface area contributed by atoms with Crippen molar-refractivity contribution in [2.45, 2.75) is 24.4 Å². The maximum absolute atomic E-state index is 11.3. The maximum atomic E-state index is 11.3. The largest absolute Gasteiger partial charge is 1.00 e. The normalized spacial score (nSPS) is 32.6. The summed E-state index contributed by atoms with van der Waals surface area (Å²) in [7, 11) is 0. The number of aliphatic carboxylic acids is 3. The van der Waals surface area contributed by atoms with Gasteiger partial charge in [-0.15, -0.1) is 13.2 Å². The van der Waals surface area contributed by atoms with Crippen molar-refractivity contribution in [1.82, 2.24) is 0 Å². The van der Waals surface area contributed by atoms with Crippen LogP contribution in [-0.2, 0) is 23.9 Å². The first-order valence-electron chi connectivity index (χ1n) is 7.52. The van der Waals surface area contributed by atoms with Gasteiger partial charge in [0.1, 0.15) is 0 Å². The van der Waals surface area contributed by atoms with Gasteiger partial charge < -0.3 is 39.2 Å². The van der Waals surface area contributed by atoms with Gasteiger partial charge in [-0.1, -0.05) is 30.2 Å². The SMILES string of the molecule is C=CC1OC(/C=C\C2OC(C=C)C(C(=O)[O-])C2C(=O)[O-])[CH-]C1C(=O)[O-].[Na+].[Na+].[Na+].[Na+]. The van der Waals surface area contributed by atoms with Gasteiger partial charge in [0.05, 0.1) is 18.3 Å². The molecule has 0 aliphatic carbocycles. The summed E-state index contributed by atoms with van der Waals surface area (Å²) in [4.78, 5) is 33.6. The Hall–Kier alpha value is 1.55. The molecule has 7 atom stereocenters. The van der Waals surface area contributed by atoms with Crippen LogP contribution in [-0.4, -0.2) is 42.3 Å². The summed E-state index contributed by atoms with van der Waals surface area (Å²) in [5, 5.41) is 33.6. The second-order valence-corrected chi connectivity index (χ2v) is 5.71. The van der Waals surface area contributed by atoms with Crippen LogP contribution >= 0.6 is 0 Å². The van der Waals surface area contributed by atoms with E-state index in [0.29, 0.717) is 0 Å². The molecule has 0 aromatic carbocycles. The van der Waals surface area contributed by atoms with E-state index in [0.717, 1.165) is 0 Å². The first-order chi connectivity index (χ1) is 11.8. The van der Waals surface area contributed by atoms with Crippen molar-refractivity contribution in [3.63, 3.8) is 0 Å². The Kier molecular flexibility index (Phi) is 19.6. The van der Waals surface area contributed by atoms with E-state index >= 15 is 0 Å². The molecule has 2 aliphatic heterocycles. The van der Waals surface area contributed by atoms with E-state index < -0.39 is 60.1 Å². The smallest absolute Gasteiger partial charge is 0.553 e. The predicted molar refractivity (Wildman–Crippen MR) is 76.6 cm³/mol. The van der Waals surface area contributed by atoms with Crippen molar-refractivity contribution in [2.24, 2.45) is 17.8 Å². The quantitative estimate of drug-likeness (QED) is 0.216. The number of carbonyl (C=O) groups is 3. The Morgan fingerprint density at radius 3 is 1.59 bits per heavy atom. The molecule has 12 heteroatoms. The molecule has 0 amide bonds. The standard InChI is InChI=1S/C17H19O8.4Na/c1-3-10-9(15(18)19)7-8(24-10)5-6-12-14(17(22)23)13(16(20)21)11(4-2)25-12;;;;/h3-14H,1-2H2,(H,18,19)(H,20,21)(H,22,23);;;;/q-1;4*+1/p-3/b6-5-;;;;. The fraction of sp³-hybridized carbons (Fsp3) is 0.412. The molecule has 2 fully saturated rings. The summed E-state index contributed by atoms with van der Waals surface area (Å²) in [5.41, 5.74) is 0. The van der Waals surface area contributed by atoms with E-state index in [4.69, 9.17) is 9.47 Å². The molecule has 29 heavy (non-hydrogen) atoms. The molecule has 7 unspecified atom stereocenters. The third-order valence-electron chi connectivity index (χ3n) is 4.25. The number of carbonyl (C=O) groups excluding carboxylic acids is 3. The number of hydrogen-bond acceptors (Lipinski definition) is 8. The molecule has 2 aliphatic rings. The Labute approximate surface area is 257 Å². The molecule has 2 heterocycles. The zero-order valence-corrected chi connectivity index (χ0v) is 25.1. The van der Waals surface area contributed by atoms with Crippen LogP contribution in [0.4, 0.5) is 0 Å². The van der Waals surface area contributed by atoms with Crippen LogP contribution in [0.3, 0.4) is 0 Å². The summed E-state index contributed by atoms with van der Waals surface area (Å²) < 4.78 is 10.8. The molecule has 0 aromatic rings. The van der Waals surface area contributed by atoms with Crippen LogP contribution < -0.4 is 134 Å². The number of ether oxygens (including phenoxy) is 2. The third-order valence-corrected chi connectivity index (χ3v) is 4.25. The molecule has 2 rings (SSSR count). The van der Waals surface area contributed by atoms with E-state index in [1.165, 1.54) is 30.7 Å². The van der Waals surface area contributed by atoms with Crippen LogP contribution in [0.5, 0.6) is 0 Å². The molecular weight excluding hydrogens is 424 g/mol. The van der Waals surface area contributed by atoms with E-state index in [1.54, 1.807) is 0 Å². The maximum Gasteiger partial charge on any atom is 1.00 e. The fourth-order valence-electron chi connectivity index (χ4n) is 3.06. The molecule has 0 N–H and O–H groups in total.